The van der Waals surface area contributed by atoms with E-state index in [9.17, 15) is 0 Å². The van der Waals surface area contributed by atoms with Crippen LogP contribution in [-0.2, 0) is 7.05 Å². The first-order valence-electron chi connectivity index (χ1n) is 7.45. The zero-order valence-corrected chi connectivity index (χ0v) is 13.5. The Hall–Kier alpha value is -2.15. The Morgan fingerprint density at radius 1 is 0.762 bits per heavy atom. The van der Waals surface area contributed by atoms with Crippen LogP contribution < -0.4 is 4.57 Å². The molecule has 0 aliphatic rings. The van der Waals surface area contributed by atoms with Crippen molar-refractivity contribution in [2.45, 2.75) is 27.7 Å². The maximum absolute atomic E-state index is 2.31. The fraction of sp³-hybridized carbons (Fsp3) is 0.250. The minimum Gasteiger partial charge on any atom is -0.194 e. The van der Waals surface area contributed by atoms with Crippen LogP contribution in [0.2, 0.25) is 0 Å². The Labute approximate surface area is 126 Å². The van der Waals surface area contributed by atoms with E-state index >= 15 is 0 Å². The minimum atomic E-state index is 1.28. The van der Waals surface area contributed by atoms with Crippen LogP contribution in [0.4, 0.5) is 0 Å². The van der Waals surface area contributed by atoms with Crippen LogP contribution in [0.15, 0.2) is 42.5 Å². The van der Waals surface area contributed by atoms with Crippen LogP contribution in [0.5, 0.6) is 0 Å². The molecule has 21 heavy (non-hydrogen) atoms. The summed E-state index contributed by atoms with van der Waals surface area (Å²) in [7, 11) is 2.16. The van der Waals surface area contributed by atoms with Crippen LogP contribution in [-0.4, -0.2) is 0 Å². The van der Waals surface area contributed by atoms with Gasteiger partial charge < -0.3 is 0 Å². The number of aromatic nitrogens is 1. The van der Waals surface area contributed by atoms with E-state index < -0.39 is 0 Å². The summed E-state index contributed by atoms with van der Waals surface area (Å²) in [4.78, 5) is 0. The molecule has 0 atom stereocenters. The van der Waals surface area contributed by atoms with Gasteiger partial charge in [-0.3, -0.25) is 0 Å². The van der Waals surface area contributed by atoms with Crippen molar-refractivity contribution < 1.29 is 4.57 Å². The average Bonchev–Trinajstić information content (AvgIpc) is 2.44. The summed E-state index contributed by atoms with van der Waals surface area (Å²) < 4.78 is 2.31. The van der Waals surface area contributed by atoms with Gasteiger partial charge in [-0.05, 0) is 62.6 Å². The molecule has 1 heteroatoms. The number of fused-ring (bicyclic) bond motifs is 1. The van der Waals surface area contributed by atoms with Gasteiger partial charge in [-0.1, -0.05) is 17.7 Å². The highest BCUT2D eigenvalue weighted by atomic mass is 14.9. The van der Waals surface area contributed by atoms with Crippen molar-refractivity contribution in [3.8, 4) is 11.3 Å². The van der Waals surface area contributed by atoms with Crippen LogP contribution in [0.25, 0.3) is 22.2 Å². The molecule has 0 N–H and O–H groups in total. The van der Waals surface area contributed by atoms with E-state index in [0.29, 0.717) is 0 Å². The molecule has 0 aliphatic carbocycles. The van der Waals surface area contributed by atoms with Crippen molar-refractivity contribution in [2.24, 2.45) is 7.05 Å². The lowest BCUT2D eigenvalue weighted by Crippen LogP contribution is -2.32. The molecule has 0 fully saturated rings. The molecule has 0 saturated heterocycles. The van der Waals surface area contributed by atoms with Gasteiger partial charge in [0, 0.05) is 23.1 Å². The molecule has 0 amide bonds. The minimum absolute atomic E-state index is 1.28. The largest absolute Gasteiger partial charge is 0.213 e. The summed E-state index contributed by atoms with van der Waals surface area (Å²) in [5.74, 6) is 0. The van der Waals surface area contributed by atoms with E-state index in [-0.39, 0.29) is 0 Å². The summed E-state index contributed by atoms with van der Waals surface area (Å²) in [6, 6.07) is 15.6. The number of pyridine rings is 1. The van der Waals surface area contributed by atoms with Gasteiger partial charge in [0.2, 0.25) is 11.2 Å². The van der Waals surface area contributed by atoms with Gasteiger partial charge in [-0.25, -0.2) is 0 Å². The maximum atomic E-state index is 2.31. The van der Waals surface area contributed by atoms with Gasteiger partial charge in [0.05, 0.1) is 0 Å². The predicted molar refractivity (Wildman–Crippen MR) is 89.5 cm³/mol. The van der Waals surface area contributed by atoms with Crippen molar-refractivity contribution in [1.29, 1.82) is 0 Å². The summed E-state index contributed by atoms with van der Waals surface area (Å²) >= 11 is 0. The van der Waals surface area contributed by atoms with Gasteiger partial charge >= 0.3 is 0 Å². The lowest BCUT2D eigenvalue weighted by atomic mass is 9.97. The Morgan fingerprint density at radius 2 is 1.48 bits per heavy atom. The molecule has 1 aromatic heterocycles. The van der Waals surface area contributed by atoms with Crippen molar-refractivity contribution in [3.05, 3.63) is 64.7 Å². The SMILES string of the molecule is Cc1cc(C)c(C)c(-c2ccc3ccc(C)cc3[n+]2C)c1. The quantitative estimate of drug-likeness (QED) is 0.573. The van der Waals surface area contributed by atoms with Crippen LogP contribution >= 0.6 is 0 Å². The molecular formula is C20H22N+. The molecule has 1 nitrogen and oxygen atoms in total. The van der Waals surface area contributed by atoms with E-state index in [1.165, 1.54) is 44.4 Å². The van der Waals surface area contributed by atoms with E-state index in [4.69, 9.17) is 0 Å². The number of hydrogen-bond donors (Lipinski definition) is 0. The van der Waals surface area contributed by atoms with Gasteiger partial charge in [0.15, 0.2) is 0 Å². The van der Waals surface area contributed by atoms with Crippen molar-refractivity contribution in [1.82, 2.24) is 0 Å². The van der Waals surface area contributed by atoms with E-state index in [2.05, 4.69) is 81.8 Å². The van der Waals surface area contributed by atoms with Crippen LogP contribution in [0.3, 0.4) is 0 Å². The highest BCUT2D eigenvalue weighted by Gasteiger charge is 2.17. The summed E-state index contributed by atoms with van der Waals surface area (Å²) in [6.07, 6.45) is 0. The van der Waals surface area contributed by atoms with Crippen LogP contribution in [0.1, 0.15) is 22.3 Å². The molecule has 0 radical (unpaired) electrons. The first-order valence-corrected chi connectivity index (χ1v) is 7.45. The Morgan fingerprint density at radius 3 is 2.24 bits per heavy atom. The second-order valence-electron chi connectivity index (χ2n) is 6.09. The van der Waals surface area contributed by atoms with Gasteiger partial charge in [0.25, 0.3) is 0 Å². The van der Waals surface area contributed by atoms with E-state index in [1.54, 1.807) is 0 Å². The fourth-order valence-electron chi connectivity index (χ4n) is 3.07. The molecule has 0 aliphatic heterocycles. The monoisotopic (exact) mass is 276 g/mol. The molecule has 3 aromatic rings. The fourth-order valence-corrected chi connectivity index (χ4v) is 3.07. The summed E-state index contributed by atoms with van der Waals surface area (Å²) in [6.45, 7) is 8.72. The average molecular weight is 276 g/mol. The molecule has 0 bridgehead atoms. The number of benzene rings is 2. The van der Waals surface area contributed by atoms with Gasteiger partial charge in [-0.2, -0.15) is 4.57 Å². The van der Waals surface area contributed by atoms with Crippen LogP contribution in [0, 0.1) is 27.7 Å². The third kappa shape index (κ3) is 2.33. The first-order chi connectivity index (χ1) is 9.97. The smallest absolute Gasteiger partial charge is 0.194 e. The number of hydrogen-bond acceptors (Lipinski definition) is 0. The third-order valence-corrected chi connectivity index (χ3v) is 4.42. The topological polar surface area (TPSA) is 3.88 Å². The second kappa shape index (κ2) is 5.00. The normalized spacial score (nSPS) is 11.1. The molecule has 106 valence electrons. The molecule has 0 saturated carbocycles. The number of aryl methyl sites for hydroxylation is 4. The van der Waals surface area contributed by atoms with Gasteiger partial charge in [0.1, 0.15) is 7.05 Å². The highest BCUT2D eigenvalue weighted by molar-refractivity contribution is 5.78. The highest BCUT2D eigenvalue weighted by Crippen LogP contribution is 2.26. The van der Waals surface area contributed by atoms with E-state index in [0.717, 1.165) is 0 Å². The standard InChI is InChI=1S/C20H22N/c1-13-6-7-17-8-9-19(21(5)20(17)12-13)18-11-14(2)10-15(3)16(18)4/h6-12H,1-5H3/q+1. The number of nitrogens with zero attached hydrogens (tertiary/aromatic N) is 1. The lowest BCUT2D eigenvalue weighted by Gasteiger charge is -2.10. The van der Waals surface area contributed by atoms with Crippen molar-refractivity contribution in [2.75, 3.05) is 0 Å². The zero-order chi connectivity index (χ0) is 15.1. The second-order valence-corrected chi connectivity index (χ2v) is 6.09. The molecule has 0 spiro atoms. The zero-order valence-electron chi connectivity index (χ0n) is 13.5. The molecule has 0 unspecified atom stereocenters. The summed E-state index contributed by atoms with van der Waals surface area (Å²) in [5.41, 5.74) is 9.23. The molecule has 2 aromatic carbocycles. The first kappa shape index (κ1) is 13.8. The predicted octanol–water partition coefficient (Wildman–Crippen LogP) is 4.56. The van der Waals surface area contributed by atoms with Crippen molar-refractivity contribution >= 4 is 10.9 Å². The maximum Gasteiger partial charge on any atom is 0.213 e. The Kier molecular flexibility index (Phi) is 3.29. The lowest BCUT2D eigenvalue weighted by molar-refractivity contribution is -0.633. The molecule has 3 rings (SSSR count). The Balaban J connectivity index is 2.33. The molecular weight excluding hydrogens is 254 g/mol. The van der Waals surface area contributed by atoms with E-state index in [1.807, 2.05) is 0 Å². The number of rotatable bonds is 1. The summed E-state index contributed by atoms with van der Waals surface area (Å²) in [5, 5.41) is 1.29. The Bertz CT molecular complexity index is 844. The van der Waals surface area contributed by atoms with Crippen molar-refractivity contribution in [3.63, 3.8) is 0 Å². The van der Waals surface area contributed by atoms with Gasteiger partial charge in [-0.15, -0.1) is 0 Å². The third-order valence-electron chi connectivity index (χ3n) is 4.42. The molecule has 1 heterocycles.